The summed E-state index contributed by atoms with van der Waals surface area (Å²) in [6.07, 6.45) is 1.20. The average molecular weight is 297 g/mol. The van der Waals surface area contributed by atoms with Crippen LogP contribution in [0.15, 0.2) is 30.3 Å². The summed E-state index contributed by atoms with van der Waals surface area (Å²) >= 11 is 2.39. The van der Waals surface area contributed by atoms with E-state index in [9.17, 15) is 0 Å². The summed E-state index contributed by atoms with van der Waals surface area (Å²) in [5.41, 5.74) is 1.44. The van der Waals surface area contributed by atoms with Crippen LogP contribution in [0.4, 0.5) is 0 Å². The Bertz CT molecular complexity index is 162. The Hall–Kier alpha value is 0.573. The molecule has 2 heteroatoms. The van der Waals surface area contributed by atoms with E-state index >= 15 is 0 Å². The Morgan fingerprint density at radius 2 is 1.70 bits per heavy atom. The molecule has 50 valence electrons. The molecular formula is C8H9IZn. The van der Waals surface area contributed by atoms with Gasteiger partial charge in [0.05, 0.1) is 0 Å². The van der Waals surface area contributed by atoms with Crippen molar-refractivity contribution in [3.63, 3.8) is 0 Å². The minimum Gasteiger partial charge on any atom is -0.0860 e. The first kappa shape index (κ1) is 10.6. The zero-order chi connectivity index (χ0) is 6.53. The molecule has 1 aromatic rings. The molecule has 0 saturated carbocycles. The largest absolute Gasteiger partial charge is 0.0860 e. The number of rotatable bonds is 2. The number of halogens is 1. The molecule has 0 spiro atoms. The Morgan fingerprint density at radius 1 is 1.10 bits per heavy atom. The van der Waals surface area contributed by atoms with Crippen molar-refractivity contribution >= 4 is 22.6 Å². The number of hydrogen-bond acceptors (Lipinski definition) is 0. The minimum absolute atomic E-state index is 0. The van der Waals surface area contributed by atoms with Gasteiger partial charge in [-0.15, -0.1) is 0 Å². The van der Waals surface area contributed by atoms with Gasteiger partial charge in [0.1, 0.15) is 0 Å². The van der Waals surface area contributed by atoms with E-state index < -0.39 is 0 Å². The van der Waals surface area contributed by atoms with Crippen LogP contribution in [0.3, 0.4) is 0 Å². The Morgan fingerprint density at radius 3 is 2.20 bits per heavy atom. The van der Waals surface area contributed by atoms with Crippen LogP contribution in [-0.4, -0.2) is 4.43 Å². The van der Waals surface area contributed by atoms with Gasteiger partial charge in [-0.3, -0.25) is 0 Å². The predicted molar refractivity (Wildman–Crippen MR) is 49.0 cm³/mol. The van der Waals surface area contributed by atoms with Crippen molar-refractivity contribution in [2.75, 3.05) is 4.43 Å². The van der Waals surface area contributed by atoms with Crippen LogP contribution in [0.2, 0.25) is 0 Å². The van der Waals surface area contributed by atoms with Gasteiger partial charge >= 0.3 is 0 Å². The maximum atomic E-state index is 2.39. The van der Waals surface area contributed by atoms with Gasteiger partial charge in [-0.2, -0.15) is 0 Å². The fourth-order valence-electron chi connectivity index (χ4n) is 0.754. The molecule has 0 nitrogen and oxygen atoms in total. The maximum Gasteiger partial charge on any atom is 0.00358 e. The standard InChI is InChI=1S/C8H9I.Zn/c9-7-6-8-4-2-1-3-5-8;/h1-5H,6-7H2;. The summed E-state index contributed by atoms with van der Waals surface area (Å²) in [4.78, 5) is 0. The molecule has 0 atom stereocenters. The predicted octanol–water partition coefficient (Wildman–Crippen LogP) is 2.66. The van der Waals surface area contributed by atoms with Crippen LogP contribution in [0.25, 0.3) is 0 Å². The van der Waals surface area contributed by atoms with Gasteiger partial charge in [-0.25, -0.2) is 0 Å². The molecule has 0 aromatic heterocycles. The topological polar surface area (TPSA) is 0 Å². The maximum absolute atomic E-state index is 2.39. The molecule has 0 N–H and O–H groups in total. The van der Waals surface area contributed by atoms with Crippen molar-refractivity contribution in [1.82, 2.24) is 0 Å². The van der Waals surface area contributed by atoms with Crippen molar-refractivity contribution < 1.29 is 19.5 Å². The summed E-state index contributed by atoms with van der Waals surface area (Å²) in [5, 5.41) is 0. The van der Waals surface area contributed by atoms with E-state index in [1.807, 2.05) is 0 Å². The molecular weight excluding hydrogens is 288 g/mol. The van der Waals surface area contributed by atoms with Gasteiger partial charge in [0.2, 0.25) is 0 Å². The summed E-state index contributed by atoms with van der Waals surface area (Å²) < 4.78 is 1.21. The Labute approximate surface area is 88.3 Å². The molecule has 0 bridgehead atoms. The summed E-state index contributed by atoms with van der Waals surface area (Å²) in [5.74, 6) is 0. The van der Waals surface area contributed by atoms with Crippen LogP contribution in [0, 0.1) is 0 Å². The molecule has 0 amide bonds. The number of alkyl halides is 1. The van der Waals surface area contributed by atoms with Crippen LogP contribution in [-0.2, 0) is 25.9 Å². The number of benzene rings is 1. The molecule has 0 aliphatic heterocycles. The molecule has 0 aliphatic rings. The van der Waals surface area contributed by atoms with Crippen molar-refractivity contribution in [3.8, 4) is 0 Å². The van der Waals surface area contributed by atoms with Gasteiger partial charge in [0.15, 0.2) is 0 Å². The van der Waals surface area contributed by atoms with E-state index in [-0.39, 0.29) is 19.5 Å². The smallest absolute Gasteiger partial charge is 0.00358 e. The normalized spacial score (nSPS) is 8.50. The van der Waals surface area contributed by atoms with E-state index in [0.717, 1.165) is 0 Å². The van der Waals surface area contributed by atoms with E-state index in [2.05, 4.69) is 52.9 Å². The van der Waals surface area contributed by atoms with E-state index in [0.29, 0.717) is 0 Å². The number of hydrogen-bond donors (Lipinski definition) is 0. The van der Waals surface area contributed by atoms with Crippen molar-refractivity contribution in [2.45, 2.75) is 6.42 Å². The molecule has 0 heterocycles. The second-order valence-corrected chi connectivity index (χ2v) is 3.00. The summed E-state index contributed by atoms with van der Waals surface area (Å²) in [6.45, 7) is 0. The van der Waals surface area contributed by atoms with E-state index in [1.165, 1.54) is 16.4 Å². The van der Waals surface area contributed by atoms with Crippen LogP contribution < -0.4 is 0 Å². The van der Waals surface area contributed by atoms with Gasteiger partial charge in [0.25, 0.3) is 0 Å². The SMILES string of the molecule is ICCc1ccccc1.[Zn]. The number of aryl methyl sites for hydroxylation is 1. The second-order valence-electron chi connectivity index (χ2n) is 1.92. The fraction of sp³-hybridized carbons (Fsp3) is 0.250. The van der Waals surface area contributed by atoms with Crippen molar-refractivity contribution in [3.05, 3.63) is 35.9 Å². The molecule has 0 aliphatic carbocycles. The molecule has 0 unspecified atom stereocenters. The van der Waals surface area contributed by atoms with Crippen LogP contribution in [0.1, 0.15) is 5.56 Å². The first-order valence-electron chi connectivity index (χ1n) is 3.03. The molecule has 0 saturated heterocycles. The second kappa shape index (κ2) is 6.29. The van der Waals surface area contributed by atoms with Gasteiger partial charge in [-0.05, 0) is 12.0 Å². The van der Waals surface area contributed by atoms with Crippen molar-refractivity contribution in [2.24, 2.45) is 0 Å². The quantitative estimate of drug-likeness (QED) is 0.447. The first-order chi connectivity index (χ1) is 4.43. The first-order valence-corrected chi connectivity index (χ1v) is 4.56. The molecule has 10 heavy (non-hydrogen) atoms. The third kappa shape index (κ3) is 3.67. The van der Waals surface area contributed by atoms with Gasteiger partial charge in [-0.1, -0.05) is 52.9 Å². The zero-order valence-corrected chi connectivity index (χ0v) is 11.0. The molecule has 1 aromatic carbocycles. The average Bonchev–Trinajstić information content (AvgIpc) is 1.91. The molecule has 1 rings (SSSR count). The molecule has 0 fully saturated rings. The van der Waals surface area contributed by atoms with Crippen molar-refractivity contribution in [1.29, 1.82) is 0 Å². The Kier molecular flexibility index (Phi) is 6.66. The zero-order valence-electron chi connectivity index (χ0n) is 5.89. The third-order valence-electron chi connectivity index (χ3n) is 1.23. The van der Waals surface area contributed by atoms with Gasteiger partial charge < -0.3 is 0 Å². The third-order valence-corrected chi connectivity index (χ3v) is 1.77. The van der Waals surface area contributed by atoms with Gasteiger partial charge in [0, 0.05) is 23.9 Å². The van der Waals surface area contributed by atoms with E-state index in [4.69, 9.17) is 0 Å². The monoisotopic (exact) mass is 296 g/mol. The molecule has 0 radical (unpaired) electrons. The Balaban J connectivity index is 0.000000810. The fourth-order valence-corrected chi connectivity index (χ4v) is 1.38. The summed E-state index contributed by atoms with van der Waals surface area (Å²) in [6, 6.07) is 10.6. The van der Waals surface area contributed by atoms with Crippen LogP contribution >= 0.6 is 22.6 Å². The summed E-state index contributed by atoms with van der Waals surface area (Å²) in [7, 11) is 0. The van der Waals surface area contributed by atoms with E-state index in [1.54, 1.807) is 0 Å². The minimum atomic E-state index is 0. The van der Waals surface area contributed by atoms with Crippen LogP contribution in [0.5, 0.6) is 0 Å².